The number of benzene rings is 1. The van der Waals surface area contributed by atoms with Crippen molar-refractivity contribution in [1.82, 2.24) is 9.80 Å². The minimum Gasteiger partial charge on any atom is -0.379 e. The fourth-order valence-corrected chi connectivity index (χ4v) is 3.51. The first-order valence-electron chi connectivity index (χ1n) is 8.61. The summed E-state index contributed by atoms with van der Waals surface area (Å²) < 4.78 is 19.3. The number of halogens is 1. The van der Waals surface area contributed by atoms with Crippen LogP contribution in [0.4, 0.5) is 4.39 Å². The summed E-state index contributed by atoms with van der Waals surface area (Å²) in [5, 5.41) is 0. The molecule has 0 aromatic heterocycles. The molecule has 1 atom stereocenters. The Morgan fingerprint density at radius 1 is 1.17 bits per heavy atom. The first-order chi connectivity index (χ1) is 11.3. The van der Waals surface area contributed by atoms with E-state index in [1.54, 1.807) is 18.2 Å². The second-order valence-electron chi connectivity index (χ2n) is 6.37. The molecule has 2 aliphatic heterocycles. The zero-order chi connectivity index (χ0) is 16.1. The second-order valence-corrected chi connectivity index (χ2v) is 6.37. The van der Waals surface area contributed by atoms with Crippen LogP contribution in [0.25, 0.3) is 0 Å². The molecule has 126 valence electrons. The molecule has 5 heteroatoms. The van der Waals surface area contributed by atoms with E-state index >= 15 is 0 Å². The number of carbonyl (C=O) groups excluding carboxylic acids is 1. The lowest BCUT2D eigenvalue weighted by atomic mass is 9.97. The first kappa shape index (κ1) is 16.4. The van der Waals surface area contributed by atoms with Crippen molar-refractivity contribution in [3.63, 3.8) is 0 Å². The van der Waals surface area contributed by atoms with Gasteiger partial charge in [-0.2, -0.15) is 0 Å². The lowest BCUT2D eigenvalue weighted by Gasteiger charge is -2.37. The molecule has 1 aromatic carbocycles. The highest BCUT2D eigenvalue weighted by atomic mass is 19.1. The maximum Gasteiger partial charge on any atom is 0.257 e. The highest BCUT2D eigenvalue weighted by molar-refractivity contribution is 5.94. The van der Waals surface area contributed by atoms with Crippen LogP contribution in [0.2, 0.25) is 0 Å². The summed E-state index contributed by atoms with van der Waals surface area (Å²) in [5.41, 5.74) is 0.200. The number of morpholine rings is 1. The Kier molecular flexibility index (Phi) is 5.62. The summed E-state index contributed by atoms with van der Waals surface area (Å²) >= 11 is 0. The topological polar surface area (TPSA) is 32.8 Å². The predicted molar refractivity (Wildman–Crippen MR) is 87.0 cm³/mol. The lowest BCUT2D eigenvalue weighted by Crippen LogP contribution is -2.46. The summed E-state index contributed by atoms with van der Waals surface area (Å²) in [4.78, 5) is 17.0. The van der Waals surface area contributed by atoms with Crippen molar-refractivity contribution in [2.45, 2.75) is 31.7 Å². The number of rotatable bonds is 4. The molecule has 2 heterocycles. The van der Waals surface area contributed by atoms with Crippen molar-refractivity contribution in [3.05, 3.63) is 35.6 Å². The minimum atomic E-state index is -0.421. The molecular weight excluding hydrogens is 295 g/mol. The molecule has 2 fully saturated rings. The Labute approximate surface area is 137 Å². The van der Waals surface area contributed by atoms with Crippen molar-refractivity contribution < 1.29 is 13.9 Å². The second kappa shape index (κ2) is 7.88. The summed E-state index contributed by atoms with van der Waals surface area (Å²) in [7, 11) is 0. The van der Waals surface area contributed by atoms with Gasteiger partial charge in [0.1, 0.15) is 5.82 Å². The predicted octanol–water partition coefficient (Wildman–Crippen LogP) is 2.54. The summed E-state index contributed by atoms with van der Waals surface area (Å²) in [6, 6.07) is 6.52. The molecule has 23 heavy (non-hydrogen) atoms. The van der Waals surface area contributed by atoms with Gasteiger partial charge in [-0.25, -0.2) is 4.39 Å². The van der Waals surface area contributed by atoms with Crippen LogP contribution in [0.15, 0.2) is 24.3 Å². The van der Waals surface area contributed by atoms with E-state index in [0.717, 1.165) is 65.1 Å². The van der Waals surface area contributed by atoms with Crippen LogP contribution in [0.1, 0.15) is 36.0 Å². The van der Waals surface area contributed by atoms with Crippen LogP contribution in [0, 0.1) is 5.82 Å². The molecule has 0 bridgehead atoms. The van der Waals surface area contributed by atoms with E-state index < -0.39 is 5.82 Å². The largest absolute Gasteiger partial charge is 0.379 e. The third-order valence-electron chi connectivity index (χ3n) is 4.87. The summed E-state index contributed by atoms with van der Waals surface area (Å²) in [5.74, 6) is -0.579. The van der Waals surface area contributed by atoms with Gasteiger partial charge < -0.3 is 9.64 Å². The number of hydrogen-bond acceptors (Lipinski definition) is 3. The van der Waals surface area contributed by atoms with E-state index in [4.69, 9.17) is 4.74 Å². The van der Waals surface area contributed by atoms with Gasteiger partial charge in [0, 0.05) is 32.2 Å². The number of hydrogen-bond donors (Lipinski definition) is 0. The van der Waals surface area contributed by atoms with Crippen LogP contribution in [0.5, 0.6) is 0 Å². The number of likely N-dealkylation sites (tertiary alicyclic amines) is 1. The van der Waals surface area contributed by atoms with Crippen LogP contribution < -0.4 is 0 Å². The fraction of sp³-hybridized carbons (Fsp3) is 0.611. The Balaban J connectivity index is 1.63. The Morgan fingerprint density at radius 3 is 2.74 bits per heavy atom. The Morgan fingerprint density at radius 2 is 1.96 bits per heavy atom. The smallest absolute Gasteiger partial charge is 0.257 e. The monoisotopic (exact) mass is 320 g/mol. The zero-order valence-corrected chi connectivity index (χ0v) is 13.5. The van der Waals surface area contributed by atoms with Crippen LogP contribution >= 0.6 is 0 Å². The van der Waals surface area contributed by atoms with Crippen molar-refractivity contribution in [3.8, 4) is 0 Å². The minimum absolute atomic E-state index is 0.158. The number of nitrogens with zero attached hydrogens (tertiary/aromatic N) is 2. The maximum atomic E-state index is 13.9. The fourth-order valence-electron chi connectivity index (χ4n) is 3.51. The number of ether oxygens (including phenoxy) is 1. The SMILES string of the molecule is O=C(c1ccccc1F)N1CCCC[C@@H]1CCN1CCOCC1. The van der Waals surface area contributed by atoms with E-state index in [2.05, 4.69) is 4.90 Å². The number of amides is 1. The summed E-state index contributed by atoms with van der Waals surface area (Å²) in [6.07, 6.45) is 4.13. The lowest BCUT2D eigenvalue weighted by molar-refractivity contribution is 0.0295. The first-order valence-corrected chi connectivity index (χ1v) is 8.61. The van der Waals surface area contributed by atoms with Crippen LogP contribution in [-0.2, 0) is 4.74 Å². The van der Waals surface area contributed by atoms with Gasteiger partial charge >= 0.3 is 0 Å². The van der Waals surface area contributed by atoms with Crippen LogP contribution in [0.3, 0.4) is 0 Å². The van der Waals surface area contributed by atoms with E-state index in [1.807, 2.05) is 4.90 Å². The van der Waals surface area contributed by atoms with Gasteiger partial charge in [-0.05, 0) is 37.8 Å². The van der Waals surface area contributed by atoms with Gasteiger partial charge in [0.25, 0.3) is 5.91 Å². The molecule has 0 N–H and O–H groups in total. The van der Waals surface area contributed by atoms with Gasteiger partial charge in [0.2, 0.25) is 0 Å². The van der Waals surface area contributed by atoms with Crippen molar-refractivity contribution in [2.75, 3.05) is 39.4 Å². The normalized spacial score (nSPS) is 23.0. The van der Waals surface area contributed by atoms with E-state index in [0.29, 0.717) is 0 Å². The molecule has 4 nitrogen and oxygen atoms in total. The van der Waals surface area contributed by atoms with E-state index in [1.165, 1.54) is 6.07 Å². The van der Waals surface area contributed by atoms with Gasteiger partial charge in [0.05, 0.1) is 18.8 Å². The summed E-state index contributed by atoms with van der Waals surface area (Å²) in [6.45, 7) is 5.24. The molecule has 0 spiro atoms. The number of piperidine rings is 1. The van der Waals surface area contributed by atoms with Crippen molar-refractivity contribution in [2.24, 2.45) is 0 Å². The highest BCUT2D eigenvalue weighted by Gasteiger charge is 2.29. The Bertz CT molecular complexity index is 532. The highest BCUT2D eigenvalue weighted by Crippen LogP contribution is 2.23. The van der Waals surface area contributed by atoms with Crippen molar-refractivity contribution in [1.29, 1.82) is 0 Å². The molecule has 1 amide bonds. The van der Waals surface area contributed by atoms with Crippen molar-refractivity contribution >= 4 is 5.91 Å². The molecule has 2 aliphatic rings. The molecule has 0 aliphatic carbocycles. The third-order valence-corrected chi connectivity index (χ3v) is 4.87. The van der Waals surface area contributed by atoms with Crippen LogP contribution in [-0.4, -0.2) is 61.1 Å². The molecule has 0 unspecified atom stereocenters. The zero-order valence-electron chi connectivity index (χ0n) is 13.5. The quantitative estimate of drug-likeness (QED) is 0.855. The molecular formula is C18H25FN2O2. The average Bonchev–Trinajstić information content (AvgIpc) is 2.61. The van der Waals surface area contributed by atoms with E-state index in [-0.39, 0.29) is 17.5 Å². The van der Waals surface area contributed by atoms with Gasteiger partial charge in [0.15, 0.2) is 0 Å². The molecule has 0 radical (unpaired) electrons. The maximum absolute atomic E-state index is 13.9. The van der Waals surface area contributed by atoms with Gasteiger partial charge in [-0.1, -0.05) is 12.1 Å². The Hall–Kier alpha value is -1.46. The molecule has 1 aromatic rings. The molecule has 3 rings (SSSR count). The molecule has 0 saturated carbocycles. The average molecular weight is 320 g/mol. The van der Waals surface area contributed by atoms with E-state index in [9.17, 15) is 9.18 Å². The standard InChI is InChI=1S/C18H25FN2O2/c19-17-7-2-1-6-16(17)18(22)21-9-4-3-5-15(21)8-10-20-11-13-23-14-12-20/h1-2,6-7,15H,3-5,8-14H2/t15-/m1/s1. The molecule has 2 saturated heterocycles. The van der Waals surface area contributed by atoms with Gasteiger partial charge in [-0.15, -0.1) is 0 Å². The number of carbonyl (C=O) groups is 1. The third kappa shape index (κ3) is 4.09. The van der Waals surface area contributed by atoms with Gasteiger partial charge in [-0.3, -0.25) is 9.69 Å².